The summed E-state index contributed by atoms with van der Waals surface area (Å²) < 4.78 is 1.00. The quantitative estimate of drug-likeness (QED) is 0.359. The molecule has 0 nitrogen and oxygen atoms in total. The van der Waals surface area contributed by atoms with Gasteiger partial charge in [0, 0.05) is 0 Å². The standard InChI is InChI=1S/C17H28S2Si.C11H14S2/c1-14-9-7-10-15(13-14)17(18-11-8-12-19-17)20(5,6)16(2,3)4;1-9-4-2-5-10(8-9)11-12-6-3-7-13-11/h7,9-10,13H,8,11-12H2,1-6H3;2,4-5,8,11H,3,6-7H2,1H3. The van der Waals surface area contributed by atoms with E-state index in [1.807, 2.05) is 0 Å². The van der Waals surface area contributed by atoms with Gasteiger partial charge in [-0.3, -0.25) is 0 Å². The molecule has 0 radical (unpaired) electrons. The molecule has 33 heavy (non-hydrogen) atoms. The van der Waals surface area contributed by atoms with E-state index in [1.54, 1.807) is 5.56 Å². The smallest absolute Gasteiger partial charge is 0.0892 e. The first-order valence-electron chi connectivity index (χ1n) is 12.2. The normalized spacial score (nSPS) is 19.5. The van der Waals surface area contributed by atoms with Crippen molar-refractivity contribution in [3.05, 3.63) is 70.8 Å². The fourth-order valence-electron chi connectivity index (χ4n) is 4.26. The number of hydrogen-bond acceptors (Lipinski definition) is 4. The minimum absolute atomic E-state index is 0.315. The molecule has 2 aliphatic heterocycles. The molecule has 2 saturated heterocycles. The highest BCUT2D eigenvalue weighted by atomic mass is 32.2. The second kappa shape index (κ2) is 11.9. The van der Waals surface area contributed by atoms with Gasteiger partial charge in [-0.25, -0.2) is 0 Å². The molecule has 4 rings (SSSR count). The van der Waals surface area contributed by atoms with E-state index in [2.05, 4.69) is 143 Å². The van der Waals surface area contributed by atoms with Crippen molar-refractivity contribution in [1.82, 2.24) is 0 Å². The van der Waals surface area contributed by atoms with Gasteiger partial charge >= 0.3 is 0 Å². The minimum atomic E-state index is -1.49. The molecule has 182 valence electrons. The van der Waals surface area contributed by atoms with Crippen LogP contribution >= 0.6 is 47.0 Å². The summed E-state index contributed by atoms with van der Waals surface area (Å²) in [4.78, 5) is 0. The summed E-state index contributed by atoms with van der Waals surface area (Å²) >= 11 is 8.64. The first-order valence-corrected chi connectivity index (χ1v) is 19.3. The van der Waals surface area contributed by atoms with Crippen molar-refractivity contribution in [3.8, 4) is 0 Å². The van der Waals surface area contributed by atoms with Crippen molar-refractivity contribution < 1.29 is 0 Å². The van der Waals surface area contributed by atoms with E-state index in [9.17, 15) is 0 Å². The molecule has 5 heteroatoms. The van der Waals surface area contributed by atoms with Gasteiger partial charge in [-0.2, -0.15) is 0 Å². The van der Waals surface area contributed by atoms with Crippen LogP contribution in [0, 0.1) is 13.8 Å². The summed E-state index contributed by atoms with van der Waals surface area (Å²) in [5, 5.41) is 0.411. The molecule has 2 aliphatic rings. The lowest BCUT2D eigenvalue weighted by atomic mass is 10.1. The molecule has 2 aromatic carbocycles. The molecule has 0 atom stereocenters. The Morgan fingerprint density at radius 1 is 0.788 bits per heavy atom. The van der Waals surface area contributed by atoms with Crippen LogP contribution in [0.3, 0.4) is 0 Å². The Hall–Kier alpha value is 0.0569. The number of aryl methyl sites for hydroxylation is 2. The van der Waals surface area contributed by atoms with Crippen molar-refractivity contribution in [2.45, 2.75) is 73.9 Å². The van der Waals surface area contributed by atoms with E-state index in [0.717, 1.165) is 0 Å². The summed E-state index contributed by atoms with van der Waals surface area (Å²) in [6.07, 6.45) is 2.73. The van der Waals surface area contributed by atoms with Crippen LogP contribution in [-0.4, -0.2) is 31.1 Å². The fraction of sp³-hybridized carbons (Fsp3) is 0.571. The van der Waals surface area contributed by atoms with E-state index >= 15 is 0 Å². The van der Waals surface area contributed by atoms with Crippen LogP contribution in [0.4, 0.5) is 0 Å². The Morgan fingerprint density at radius 2 is 1.33 bits per heavy atom. The van der Waals surface area contributed by atoms with Gasteiger partial charge in [0.1, 0.15) is 0 Å². The van der Waals surface area contributed by atoms with Gasteiger partial charge in [0.05, 0.1) is 16.4 Å². The topological polar surface area (TPSA) is 0 Å². The maximum atomic E-state index is 2.60. The van der Waals surface area contributed by atoms with Gasteiger partial charge in [-0.05, 0) is 65.9 Å². The maximum Gasteiger partial charge on any atom is 0.0892 e. The van der Waals surface area contributed by atoms with Crippen molar-refractivity contribution in [1.29, 1.82) is 0 Å². The van der Waals surface area contributed by atoms with Crippen molar-refractivity contribution in [2.75, 3.05) is 23.0 Å². The van der Waals surface area contributed by atoms with E-state index < -0.39 is 8.07 Å². The number of rotatable bonds is 3. The van der Waals surface area contributed by atoms with Gasteiger partial charge < -0.3 is 0 Å². The van der Waals surface area contributed by atoms with E-state index in [4.69, 9.17) is 0 Å². The number of thioether (sulfide) groups is 4. The molecular formula is C28H42S4Si. The van der Waals surface area contributed by atoms with Gasteiger partial charge in [-0.1, -0.05) is 93.5 Å². The molecule has 0 bridgehead atoms. The molecule has 2 fully saturated rings. The Bertz CT molecular complexity index is 891. The van der Waals surface area contributed by atoms with E-state index in [1.165, 1.54) is 52.5 Å². The van der Waals surface area contributed by atoms with Crippen molar-refractivity contribution >= 4 is 55.1 Å². The average molecular weight is 535 g/mol. The van der Waals surface area contributed by atoms with Crippen LogP contribution in [0.1, 0.15) is 60.4 Å². The van der Waals surface area contributed by atoms with Gasteiger partial charge in [-0.15, -0.1) is 47.0 Å². The summed E-state index contributed by atoms with van der Waals surface area (Å²) in [6.45, 7) is 16.9. The van der Waals surface area contributed by atoms with Crippen LogP contribution in [0.2, 0.25) is 18.1 Å². The first kappa shape index (κ1) is 27.6. The lowest BCUT2D eigenvalue weighted by Crippen LogP contribution is -2.54. The summed E-state index contributed by atoms with van der Waals surface area (Å²) in [6, 6.07) is 18.2. The zero-order chi connectivity index (χ0) is 24.1. The lowest BCUT2D eigenvalue weighted by Gasteiger charge is -2.53. The summed E-state index contributed by atoms with van der Waals surface area (Å²) in [5.41, 5.74) is 5.84. The zero-order valence-electron chi connectivity index (χ0n) is 21.6. The average Bonchev–Trinajstić information content (AvgIpc) is 2.80. The molecule has 0 unspecified atom stereocenters. The Kier molecular flexibility index (Phi) is 9.94. The summed E-state index contributed by atoms with van der Waals surface area (Å²) in [7, 11) is -1.49. The molecule has 0 spiro atoms. The molecule has 2 aromatic rings. The van der Waals surface area contributed by atoms with Crippen molar-refractivity contribution in [3.63, 3.8) is 0 Å². The zero-order valence-corrected chi connectivity index (χ0v) is 25.8. The van der Waals surface area contributed by atoms with Crippen LogP contribution < -0.4 is 0 Å². The fourth-order valence-corrected chi connectivity index (χ4v) is 17.1. The lowest BCUT2D eigenvalue weighted by molar-refractivity contribution is 0.705. The predicted molar refractivity (Wildman–Crippen MR) is 163 cm³/mol. The molecule has 0 amide bonds. The Balaban J connectivity index is 0.000000203. The maximum absolute atomic E-state index is 2.60. The summed E-state index contributed by atoms with van der Waals surface area (Å²) in [5.74, 6) is 5.28. The highest BCUT2D eigenvalue weighted by Crippen LogP contribution is 2.61. The highest BCUT2D eigenvalue weighted by molar-refractivity contribution is 8.20. The Labute approximate surface area is 221 Å². The van der Waals surface area contributed by atoms with Crippen LogP contribution in [0.25, 0.3) is 0 Å². The van der Waals surface area contributed by atoms with Gasteiger partial charge in [0.15, 0.2) is 0 Å². The van der Waals surface area contributed by atoms with Gasteiger partial charge in [0.25, 0.3) is 0 Å². The molecule has 0 aliphatic carbocycles. The first-order chi connectivity index (χ1) is 15.6. The van der Waals surface area contributed by atoms with Gasteiger partial charge in [0.2, 0.25) is 0 Å². The van der Waals surface area contributed by atoms with E-state index in [0.29, 0.717) is 13.3 Å². The second-order valence-electron chi connectivity index (χ2n) is 10.8. The molecule has 0 N–H and O–H groups in total. The third kappa shape index (κ3) is 6.64. The molecule has 0 saturated carbocycles. The highest BCUT2D eigenvalue weighted by Gasteiger charge is 2.55. The number of hydrogen-bond donors (Lipinski definition) is 0. The largest absolute Gasteiger partial charge is 0.143 e. The Morgan fingerprint density at radius 3 is 1.88 bits per heavy atom. The van der Waals surface area contributed by atoms with E-state index in [-0.39, 0.29) is 0 Å². The number of benzene rings is 2. The predicted octanol–water partition coefficient (Wildman–Crippen LogP) is 9.93. The van der Waals surface area contributed by atoms with Crippen LogP contribution in [0.5, 0.6) is 0 Å². The van der Waals surface area contributed by atoms with Crippen LogP contribution in [0.15, 0.2) is 48.5 Å². The van der Waals surface area contributed by atoms with Crippen molar-refractivity contribution in [2.24, 2.45) is 0 Å². The molecular weight excluding hydrogens is 493 g/mol. The third-order valence-electron chi connectivity index (χ3n) is 7.14. The third-order valence-corrected chi connectivity index (χ3v) is 22.7. The minimum Gasteiger partial charge on any atom is -0.143 e. The second-order valence-corrected chi connectivity index (χ2v) is 22.6. The monoisotopic (exact) mass is 534 g/mol. The van der Waals surface area contributed by atoms with Crippen LogP contribution in [-0.2, 0) is 3.70 Å². The SMILES string of the molecule is Cc1cccc(C2([Si](C)(C)C(C)(C)C)SCCCS2)c1.Cc1cccc(C2SCCCS2)c1. The molecule has 0 aromatic heterocycles. The molecule has 2 heterocycles.